The number of aryl methyl sites for hydroxylation is 2. The molecular weight excluding hydrogens is 238 g/mol. The minimum absolute atomic E-state index is 0.115. The van der Waals surface area contributed by atoms with E-state index in [9.17, 15) is 9.90 Å². The van der Waals surface area contributed by atoms with E-state index in [0.717, 1.165) is 25.7 Å². The molecule has 1 aliphatic rings. The van der Waals surface area contributed by atoms with Crippen LogP contribution in [0.25, 0.3) is 0 Å². The Balaban J connectivity index is 1.69. The van der Waals surface area contributed by atoms with E-state index in [1.54, 1.807) is 0 Å². The fourth-order valence-electron chi connectivity index (χ4n) is 2.72. The molecule has 0 bridgehead atoms. The normalized spacial score (nSPS) is 22.4. The van der Waals surface area contributed by atoms with Crippen LogP contribution in [0.1, 0.15) is 36.8 Å². The van der Waals surface area contributed by atoms with Crippen molar-refractivity contribution in [3.05, 3.63) is 35.4 Å². The summed E-state index contributed by atoms with van der Waals surface area (Å²) in [7, 11) is 0. The summed E-state index contributed by atoms with van der Waals surface area (Å²) in [4.78, 5) is 11.8. The molecule has 1 aliphatic carbocycles. The van der Waals surface area contributed by atoms with Gasteiger partial charge in [-0.3, -0.25) is 4.79 Å². The molecule has 0 aromatic heterocycles. The molecule has 3 heteroatoms. The highest BCUT2D eigenvalue weighted by atomic mass is 16.3. The van der Waals surface area contributed by atoms with Crippen LogP contribution in [-0.2, 0) is 11.2 Å². The zero-order valence-corrected chi connectivity index (χ0v) is 11.6. The molecule has 0 heterocycles. The summed E-state index contributed by atoms with van der Waals surface area (Å²) in [6, 6.07) is 8.19. The first-order valence-corrected chi connectivity index (χ1v) is 7.14. The zero-order valence-electron chi connectivity index (χ0n) is 11.6. The quantitative estimate of drug-likeness (QED) is 0.853. The van der Waals surface area contributed by atoms with Gasteiger partial charge >= 0.3 is 0 Å². The Hall–Kier alpha value is -1.35. The maximum absolute atomic E-state index is 11.8. The third-order valence-corrected chi connectivity index (χ3v) is 3.98. The summed E-state index contributed by atoms with van der Waals surface area (Å²) in [5, 5.41) is 12.4. The number of rotatable bonds is 5. The first-order valence-electron chi connectivity index (χ1n) is 7.14. The van der Waals surface area contributed by atoms with Crippen LogP contribution >= 0.6 is 0 Å². The van der Waals surface area contributed by atoms with Crippen LogP contribution in [0.15, 0.2) is 24.3 Å². The smallest absolute Gasteiger partial charge is 0.220 e. The Morgan fingerprint density at radius 3 is 2.84 bits per heavy atom. The predicted octanol–water partition coefficient (Wildman–Crippen LogP) is 2.20. The van der Waals surface area contributed by atoms with Crippen molar-refractivity contribution in [2.24, 2.45) is 5.92 Å². The van der Waals surface area contributed by atoms with E-state index >= 15 is 0 Å². The van der Waals surface area contributed by atoms with Gasteiger partial charge in [-0.05, 0) is 49.7 Å². The predicted molar refractivity (Wildman–Crippen MR) is 75.9 cm³/mol. The number of hydrogen-bond acceptors (Lipinski definition) is 2. The van der Waals surface area contributed by atoms with Crippen LogP contribution < -0.4 is 5.32 Å². The van der Waals surface area contributed by atoms with Gasteiger partial charge in [-0.1, -0.05) is 24.3 Å². The Morgan fingerprint density at radius 2 is 2.16 bits per heavy atom. The van der Waals surface area contributed by atoms with E-state index in [1.165, 1.54) is 11.1 Å². The highest BCUT2D eigenvalue weighted by Crippen LogP contribution is 2.24. The molecule has 1 fully saturated rings. The van der Waals surface area contributed by atoms with Gasteiger partial charge in [-0.2, -0.15) is 0 Å². The SMILES string of the molecule is Cc1ccccc1CCC(=O)NCC1CCC(O)C1. The van der Waals surface area contributed by atoms with E-state index in [1.807, 2.05) is 12.1 Å². The lowest BCUT2D eigenvalue weighted by Gasteiger charge is -2.11. The molecule has 3 nitrogen and oxygen atoms in total. The van der Waals surface area contributed by atoms with Crippen LogP contribution in [0.5, 0.6) is 0 Å². The van der Waals surface area contributed by atoms with Gasteiger partial charge in [0.1, 0.15) is 0 Å². The molecule has 0 radical (unpaired) electrons. The first kappa shape index (κ1) is 14.1. The van der Waals surface area contributed by atoms with E-state index in [0.29, 0.717) is 18.9 Å². The number of aliphatic hydroxyl groups is 1. The zero-order chi connectivity index (χ0) is 13.7. The number of amides is 1. The number of aliphatic hydroxyl groups excluding tert-OH is 1. The molecule has 2 N–H and O–H groups in total. The third kappa shape index (κ3) is 4.35. The van der Waals surface area contributed by atoms with Crippen LogP contribution in [0.4, 0.5) is 0 Å². The number of carbonyl (C=O) groups excluding carboxylic acids is 1. The molecule has 19 heavy (non-hydrogen) atoms. The molecule has 2 rings (SSSR count). The number of hydrogen-bond donors (Lipinski definition) is 2. The fraction of sp³-hybridized carbons (Fsp3) is 0.562. The highest BCUT2D eigenvalue weighted by Gasteiger charge is 2.22. The van der Waals surface area contributed by atoms with Crippen molar-refractivity contribution in [3.63, 3.8) is 0 Å². The number of nitrogens with one attached hydrogen (secondary N) is 1. The minimum Gasteiger partial charge on any atom is -0.393 e. The second kappa shape index (κ2) is 6.71. The van der Waals surface area contributed by atoms with Crippen molar-refractivity contribution in [3.8, 4) is 0 Å². The summed E-state index contributed by atoms with van der Waals surface area (Å²) in [6.45, 7) is 2.79. The lowest BCUT2D eigenvalue weighted by molar-refractivity contribution is -0.121. The number of carbonyl (C=O) groups is 1. The maximum Gasteiger partial charge on any atom is 0.220 e. The average Bonchev–Trinajstić information content (AvgIpc) is 2.81. The van der Waals surface area contributed by atoms with Crippen LogP contribution in [-0.4, -0.2) is 23.7 Å². The van der Waals surface area contributed by atoms with Gasteiger partial charge in [0, 0.05) is 13.0 Å². The maximum atomic E-state index is 11.8. The second-order valence-corrected chi connectivity index (χ2v) is 5.56. The second-order valence-electron chi connectivity index (χ2n) is 5.56. The van der Waals surface area contributed by atoms with Crippen LogP contribution in [0, 0.1) is 12.8 Å². The summed E-state index contributed by atoms with van der Waals surface area (Å²) >= 11 is 0. The van der Waals surface area contributed by atoms with E-state index in [2.05, 4.69) is 24.4 Å². The van der Waals surface area contributed by atoms with Gasteiger partial charge in [0.25, 0.3) is 0 Å². The lowest BCUT2D eigenvalue weighted by atomic mass is 10.0. The Bertz CT molecular complexity index is 431. The highest BCUT2D eigenvalue weighted by molar-refractivity contribution is 5.76. The summed E-state index contributed by atoms with van der Waals surface area (Å²) < 4.78 is 0. The Kier molecular flexibility index (Phi) is 4.97. The van der Waals surface area contributed by atoms with Crippen molar-refractivity contribution in [1.29, 1.82) is 0 Å². The Labute approximate surface area is 115 Å². The van der Waals surface area contributed by atoms with Crippen LogP contribution in [0.2, 0.25) is 0 Å². The Morgan fingerprint density at radius 1 is 1.37 bits per heavy atom. The summed E-state index contributed by atoms with van der Waals surface area (Å²) in [5.41, 5.74) is 2.49. The molecular formula is C16H23NO2. The van der Waals surface area contributed by atoms with Crippen molar-refractivity contribution in [1.82, 2.24) is 5.32 Å². The minimum atomic E-state index is -0.158. The summed E-state index contributed by atoms with van der Waals surface area (Å²) in [6.07, 6.45) is 3.92. The first-order chi connectivity index (χ1) is 9.15. The van der Waals surface area contributed by atoms with E-state index in [4.69, 9.17) is 0 Å². The largest absolute Gasteiger partial charge is 0.393 e. The number of benzene rings is 1. The van der Waals surface area contributed by atoms with Crippen molar-refractivity contribution < 1.29 is 9.90 Å². The third-order valence-electron chi connectivity index (χ3n) is 3.98. The van der Waals surface area contributed by atoms with E-state index in [-0.39, 0.29) is 12.0 Å². The molecule has 1 aromatic carbocycles. The molecule has 1 saturated carbocycles. The van der Waals surface area contributed by atoms with E-state index < -0.39 is 0 Å². The average molecular weight is 261 g/mol. The summed E-state index contributed by atoms with van der Waals surface area (Å²) in [5.74, 6) is 0.571. The van der Waals surface area contributed by atoms with Crippen molar-refractivity contribution in [2.45, 2.75) is 45.1 Å². The van der Waals surface area contributed by atoms with Gasteiger partial charge in [-0.25, -0.2) is 0 Å². The molecule has 2 atom stereocenters. The lowest BCUT2D eigenvalue weighted by Crippen LogP contribution is -2.28. The molecule has 104 valence electrons. The van der Waals surface area contributed by atoms with Crippen molar-refractivity contribution >= 4 is 5.91 Å². The molecule has 2 unspecified atom stereocenters. The van der Waals surface area contributed by atoms with Crippen molar-refractivity contribution in [2.75, 3.05) is 6.54 Å². The topological polar surface area (TPSA) is 49.3 Å². The molecule has 0 saturated heterocycles. The van der Waals surface area contributed by atoms with Crippen LogP contribution in [0.3, 0.4) is 0 Å². The monoisotopic (exact) mass is 261 g/mol. The molecule has 0 aliphatic heterocycles. The molecule has 1 amide bonds. The van der Waals surface area contributed by atoms with Gasteiger partial charge in [-0.15, -0.1) is 0 Å². The molecule has 1 aromatic rings. The van der Waals surface area contributed by atoms with Gasteiger partial charge < -0.3 is 10.4 Å². The van der Waals surface area contributed by atoms with Gasteiger partial charge in [0.05, 0.1) is 6.10 Å². The standard InChI is InChI=1S/C16H23NO2/c1-12-4-2-3-5-14(12)7-9-16(19)17-11-13-6-8-15(18)10-13/h2-5,13,15,18H,6-11H2,1H3,(H,17,19). The van der Waals surface area contributed by atoms with Gasteiger partial charge in [0.15, 0.2) is 0 Å². The molecule has 0 spiro atoms. The fourth-order valence-corrected chi connectivity index (χ4v) is 2.72. The van der Waals surface area contributed by atoms with Gasteiger partial charge in [0.2, 0.25) is 5.91 Å².